The van der Waals surface area contributed by atoms with Gasteiger partial charge in [-0.1, -0.05) is 0 Å². The summed E-state index contributed by atoms with van der Waals surface area (Å²) in [5, 5.41) is 32.8. The molecule has 0 saturated carbocycles. The summed E-state index contributed by atoms with van der Waals surface area (Å²) in [6.07, 6.45) is -1.69. The molecule has 3 atom stereocenters. The molecule has 0 aromatic heterocycles. The molecule has 0 radical (unpaired) electrons. The molecule has 0 heterocycles. The van der Waals surface area contributed by atoms with E-state index < -0.39 is 79.6 Å². The number of carboxylic acid groups (broad SMARTS) is 3. The fraction of sp³-hybridized carbons (Fsp3) is 0.571. The Morgan fingerprint density at radius 2 is 1.36 bits per heavy atom. The molecule has 0 bridgehead atoms. The van der Waals surface area contributed by atoms with Crippen molar-refractivity contribution in [2.24, 2.45) is 5.73 Å². The molecule has 13 nitrogen and oxygen atoms in total. The van der Waals surface area contributed by atoms with Crippen LogP contribution < -0.4 is 21.7 Å². The van der Waals surface area contributed by atoms with Gasteiger partial charge in [-0.25, -0.2) is 4.79 Å². The lowest BCUT2D eigenvalue weighted by Crippen LogP contribution is -2.57. The van der Waals surface area contributed by atoms with Crippen LogP contribution in [0.25, 0.3) is 0 Å². The number of nitrogens with one attached hydrogen (secondary N) is 3. The minimum absolute atomic E-state index is 0.284. The van der Waals surface area contributed by atoms with E-state index in [4.69, 9.17) is 21.1 Å². The van der Waals surface area contributed by atoms with Crippen molar-refractivity contribution in [1.29, 1.82) is 0 Å². The number of thiol groups is 1. The molecule has 3 amide bonds. The Labute approximate surface area is 164 Å². The van der Waals surface area contributed by atoms with Crippen molar-refractivity contribution in [3.05, 3.63) is 0 Å². The number of carbonyl (C=O) groups is 6. The van der Waals surface area contributed by atoms with Gasteiger partial charge in [-0.3, -0.25) is 24.0 Å². The number of amides is 3. The SMILES string of the molecule is NCC(=O)NC(CC(=O)O)C(=O)NC(CS)C(=O)NC(CCC(=O)O)C(=O)O. The third-order valence-corrected chi connectivity index (χ3v) is 3.66. The first-order valence-electron chi connectivity index (χ1n) is 7.89. The minimum atomic E-state index is -1.52. The molecule has 0 saturated heterocycles. The number of rotatable bonds is 13. The second kappa shape index (κ2) is 12.5. The Morgan fingerprint density at radius 1 is 0.821 bits per heavy atom. The summed E-state index contributed by atoms with van der Waals surface area (Å²) in [7, 11) is 0. The van der Waals surface area contributed by atoms with Crippen LogP contribution >= 0.6 is 12.6 Å². The van der Waals surface area contributed by atoms with Crippen LogP contribution in [0.4, 0.5) is 0 Å². The van der Waals surface area contributed by atoms with Gasteiger partial charge in [0.15, 0.2) is 0 Å². The van der Waals surface area contributed by atoms with E-state index in [1.54, 1.807) is 0 Å². The summed E-state index contributed by atoms with van der Waals surface area (Å²) in [5.41, 5.74) is 5.09. The second-order valence-corrected chi connectivity index (χ2v) is 5.86. The van der Waals surface area contributed by atoms with Crippen LogP contribution in [0, 0.1) is 0 Å². The summed E-state index contributed by atoms with van der Waals surface area (Å²) in [5.74, 6) is -7.20. The average molecular weight is 422 g/mol. The molecule has 14 heteroatoms. The van der Waals surface area contributed by atoms with E-state index in [0.29, 0.717) is 0 Å². The summed E-state index contributed by atoms with van der Waals surface area (Å²) in [4.78, 5) is 68.2. The molecule has 0 spiro atoms. The van der Waals surface area contributed by atoms with E-state index in [2.05, 4.69) is 28.6 Å². The van der Waals surface area contributed by atoms with E-state index >= 15 is 0 Å². The molecule has 0 aliphatic rings. The van der Waals surface area contributed by atoms with Gasteiger partial charge in [0, 0.05) is 12.2 Å². The first kappa shape index (κ1) is 25.1. The molecular weight excluding hydrogens is 400 g/mol. The third kappa shape index (κ3) is 9.72. The van der Waals surface area contributed by atoms with Crippen molar-refractivity contribution in [1.82, 2.24) is 16.0 Å². The van der Waals surface area contributed by atoms with Gasteiger partial charge in [-0.05, 0) is 6.42 Å². The summed E-state index contributed by atoms with van der Waals surface area (Å²) >= 11 is 3.87. The topological polar surface area (TPSA) is 225 Å². The molecule has 158 valence electrons. The Balaban J connectivity index is 5.09. The zero-order valence-electron chi connectivity index (χ0n) is 14.6. The number of aliphatic carboxylic acids is 3. The predicted molar refractivity (Wildman–Crippen MR) is 95.5 cm³/mol. The summed E-state index contributed by atoms with van der Waals surface area (Å²) in [6, 6.07) is -4.41. The molecule has 0 rings (SSSR count). The molecular formula is C14H22N4O9S. The number of nitrogens with two attached hydrogens (primary N) is 1. The fourth-order valence-electron chi connectivity index (χ4n) is 1.90. The van der Waals surface area contributed by atoms with Gasteiger partial charge in [0.05, 0.1) is 13.0 Å². The molecule has 8 N–H and O–H groups in total. The standard InChI is InChI=1S/C14H22N4O9S/c15-4-9(19)16-7(3-11(22)23)12(24)18-8(5-28)13(25)17-6(14(26)27)1-2-10(20)21/h6-8,28H,1-5,15H2,(H,16,19)(H,17,25)(H,18,24)(H,20,21)(H,22,23)(H,26,27). The van der Waals surface area contributed by atoms with Gasteiger partial charge in [0.2, 0.25) is 17.7 Å². The van der Waals surface area contributed by atoms with Gasteiger partial charge >= 0.3 is 17.9 Å². The van der Waals surface area contributed by atoms with Gasteiger partial charge in [0.25, 0.3) is 0 Å². The minimum Gasteiger partial charge on any atom is -0.481 e. The maximum atomic E-state index is 12.2. The predicted octanol–water partition coefficient (Wildman–Crippen LogP) is -3.25. The maximum absolute atomic E-state index is 12.2. The summed E-state index contributed by atoms with van der Waals surface area (Å²) in [6.45, 7) is -0.496. The Bertz CT molecular complexity index is 628. The van der Waals surface area contributed by atoms with Crippen LogP contribution in [0.5, 0.6) is 0 Å². The number of carboxylic acids is 3. The quantitative estimate of drug-likeness (QED) is 0.138. The highest BCUT2D eigenvalue weighted by molar-refractivity contribution is 7.80. The third-order valence-electron chi connectivity index (χ3n) is 3.29. The highest BCUT2D eigenvalue weighted by Gasteiger charge is 2.30. The van der Waals surface area contributed by atoms with Crippen LogP contribution in [0.3, 0.4) is 0 Å². The number of hydrogen-bond donors (Lipinski definition) is 8. The van der Waals surface area contributed by atoms with E-state index in [0.717, 1.165) is 0 Å². The lowest BCUT2D eigenvalue weighted by molar-refractivity contribution is -0.144. The molecule has 28 heavy (non-hydrogen) atoms. The van der Waals surface area contributed by atoms with Gasteiger partial charge in [-0.15, -0.1) is 0 Å². The van der Waals surface area contributed by atoms with E-state index in [1.165, 1.54) is 0 Å². The normalized spacial score (nSPS) is 13.5. The van der Waals surface area contributed by atoms with Crippen molar-refractivity contribution in [2.75, 3.05) is 12.3 Å². The lowest BCUT2D eigenvalue weighted by Gasteiger charge is -2.22. The van der Waals surface area contributed by atoms with Crippen LogP contribution in [-0.2, 0) is 28.8 Å². The van der Waals surface area contributed by atoms with Crippen LogP contribution in [-0.4, -0.2) is 81.4 Å². The fourth-order valence-corrected chi connectivity index (χ4v) is 2.16. The molecule has 0 aliphatic carbocycles. The van der Waals surface area contributed by atoms with E-state index in [9.17, 15) is 28.8 Å². The molecule has 0 aromatic rings. The van der Waals surface area contributed by atoms with Gasteiger partial charge < -0.3 is 37.0 Å². The average Bonchev–Trinajstić information content (AvgIpc) is 2.60. The smallest absolute Gasteiger partial charge is 0.326 e. The van der Waals surface area contributed by atoms with Gasteiger partial charge in [0.1, 0.15) is 18.1 Å². The first-order valence-corrected chi connectivity index (χ1v) is 8.52. The first-order chi connectivity index (χ1) is 13.0. The molecule has 0 aliphatic heterocycles. The number of hydrogen-bond acceptors (Lipinski definition) is 8. The Hall–Kier alpha value is -2.87. The lowest BCUT2D eigenvalue weighted by atomic mass is 10.1. The Morgan fingerprint density at radius 3 is 1.79 bits per heavy atom. The van der Waals surface area contributed by atoms with Crippen molar-refractivity contribution >= 4 is 48.3 Å². The monoisotopic (exact) mass is 422 g/mol. The Kier molecular flexibility index (Phi) is 11.2. The number of carbonyl (C=O) groups excluding carboxylic acids is 3. The van der Waals surface area contributed by atoms with Gasteiger partial charge in [-0.2, -0.15) is 12.6 Å². The van der Waals surface area contributed by atoms with Crippen LogP contribution in [0.2, 0.25) is 0 Å². The zero-order valence-corrected chi connectivity index (χ0v) is 15.5. The molecule has 3 unspecified atom stereocenters. The largest absolute Gasteiger partial charge is 0.481 e. The highest BCUT2D eigenvalue weighted by Crippen LogP contribution is 2.01. The molecule has 0 aromatic carbocycles. The van der Waals surface area contributed by atoms with Crippen molar-refractivity contribution in [3.63, 3.8) is 0 Å². The van der Waals surface area contributed by atoms with Crippen molar-refractivity contribution < 1.29 is 44.1 Å². The maximum Gasteiger partial charge on any atom is 0.326 e. The van der Waals surface area contributed by atoms with Crippen molar-refractivity contribution in [2.45, 2.75) is 37.4 Å². The highest BCUT2D eigenvalue weighted by atomic mass is 32.1. The van der Waals surface area contributed by atoms with E-state index in [1.807, 2.05) is 0 Å². The van der Waals surface area contributed by atoms with Crippen LogP contribution in [0.15, 0.2) is 0 Å². The molecule has 0 fully saturated rings. The second-order valence-electron chi connectivity index (χ2n) is 5.50. The zero-order chi connectivity index (χ0) is 21.9. The summed E-state index contributed by atoms with van der Waals surface area (Å²) < 4.78 is 0. The van der Waals surface area contributed by atoms with Crippen molar-refractivity contribution in [3.8, 4) is 0 Å². The van der Waals surface area contributed by atoms with Crippen LogP contribution in [0.1, 0.15) is 19.3 Å². The van der Waals surface area contributed by atoms with E-state index in [-0.39, 0.29) is 5.75 Å².